The predicted octanol–water partition coefficient (Wildman–Crippen LogP) is 3.79. The van der Waals surface area contributed by atoms with Crippen LogP contribution in [0.15, 0.2) is 22.9 Å². The first kappa shape index (κ1) is 13.9. The van der Waals surface area contributed by atoms with Gasteiger partial charge < -0.3 is 9.32 Å². The average molecular weight is 280 g/mol. The lowest BCUT2D eigenvalue weighted by molar-refractivity contribution is 0.481. The molecule has 102 valence electrons. The van der Waals surface area contributed by atoms with Crippen LogP contribution in [0.5, 0.6) is 0 Å². The van der Waals surface area contributed by atoms with E-state index >= 15 is 0 Å². The molecule has 0 unspecified atom stereocenters. The second-order valence-corrected chi connectivity index (χ2v) is 5.28. The molecule has 2 aromatic heterocycles. The molecule has 0 saturated heterocycles. The van der Waals surface area contributed by atoms with Crippen molar-refractivity contribution in [3.05, 3.63) is 40.7 Å². The van der Waals surface area contributed by atoms with Crippen LogP contribution in [0.1, 0.15) is 36.8 Å². The van der Waals surface area contributed by atoms with E-state index in [9.17, 15) is 0 Å². The molecule has 5 heteroatoms. The van der Waals surface area contributed by atoms with E-state index in [0.717, 1.165) is 22.9 Å². The molecule has 19 heavy (non-hydrogen) atoms. The van der Waals surface area contributed by atoms with E-state index in [-0.39, 0.29) is 5.92 Å². The second-order valence-electron chi connectivity index (χ2n) is 4.92. The number of anilines is 1. The van der Waals surface area contributed by atoms with Crippen LogP contribution < -0.4 is 4.90 Å². The molecule has 0 aliphatic rings. The number of hydrogen-bond donors (Lipinski definition) is 0. The fourth-order valence-corrected chi connectivity index (χ4v) is 2.39. The molecule has 2 rings (SSSR count). The van der Waals surface area contributed by atoms with E-state index in [2.05, 4.69) is 23.8 Å². The van der Waals surface area contributed by atoms with Crippen LogP contribution in [0.25, 0.3) is 0 Å². The zero-order chi connectivity index (χ0) is 14.0. The highest BCUT2D eigenvalue weighted by Crippen LogP contribution is 2.30. The van der Waals surface area contributed by atoms with Crippen LogP contribution in [0.2, 0.25) is 5.15 Å². The van der Waals surface area contributed by atoms with Crippen molar-refractivity contribution in [1.29, 1.82) is 0 Å². The van der Waals surface area contributed by atoms with Gasteiger partial charge in [0.05, 0.1) is 6.54 Å². The molecule has 2 heterocycles. The first-order chi connectivity index (χ1) is 8.99. The number of aryl methyl sites for hydroxylation is 1. The summed E-state index contributed by atoms with van der Waals surface area (Å²) in [5.74, 6) is 2.94. The van der Waals surface area contributed by atoms with E-state index in [4.69, 9.17) is 16.0 Å². The van der Waals surface area contributed by atoms with Crippen LogP contribution in [0.3, 0.4) is 0 Å². The van der Waals surface area contributed by atoms with E-state index in [1.807, 2.05) is 31.0 Å². The standard InChI is InChI=1S/C14H18ClN3O/c1-9(2)12-13(15)16-8-17-14(12)18(4)7-11-6-5-10(3)19-11/h5-6,8-9H,7H2,1-4H3. The Bertz CT molecular complexity index is 566. The molecule has 0 saturated carbocycles. The van der Waals surface area contributed by atoms with Crippen LogP contribution in [-0.2, 0) is 6.54 Å². The molecule has 0 radical (unpaired) electrons. The van der Waals surface area contributed by atoms with E-state index < -0.39 is 0 Å². The van der Waals surface area contributed by atoms with Gasteiger partial charge in [-0.2, -0.15) is 0 Å². The van der Waals surface area contributed by atoms with Crippen LogP contribution in [-0.4, -0.2) is 17.0 Å². The normalized spacial score (nSPS) is 11.1. The molecule has 0 N–H and O–H groups in total. The lowest BCUT2D eigenvalue weighted by Gasteiger charge is -2.22. The number of halogens is 1. The summed E-state index contributed by atoms with van der Waals surface area (Å²) >= 11 is 6.17. The zero-order valence-electron chi connectivity index (χ0n) is 11.6. The maximum Gasteiger partial charge on any atom is 0.138 e. The number of rotatable bonds is 4. The third-order valence-corrected chi connectivity index (χ3v) is 3.24. The van der Waals surface area contributed by atoms with Gasteiger partial charge in [0.1, 0.15) is 28.8 Å². The lowest BCUT2D eigenvalue weighted by Crippen LogP contribution is -2.20. The third-order valence-electron chi connectivity index (χ3n) is 2.94. The van der Waals surface area contributed by atoms with Crippen molar-refractivity contribution >= 4 is 17.4 Å². The van der Waals surface area contributed by atoms with Gasteiger partial charge in [-0.3, -0.25) is 0 Å². The molecule has 0 atom stereocenters. The first-order valence-electron chi connectivity index (χ1n) is 6.26. The summed E-state index contributed by atoms with van der Waals surface area (Å²) in [6.45, 7) is 6.75. The minimum atomic E-state index is 0.268. The Morgan fingerprint density at radius 3 is 2.63 bits per heavy atom. The van der Waals surface area contributed by atoms with Gasteiger partial charge in [0.25, 0.3) is 0 Å². The number of furan rings is 1. The summed E-state index contributed by atoms with van der Waals surface area (Å²) in [7, 11) is 1.97. The highest BCUT2D eigenvalue weighted by Gasteiger charge is 2.17. The van der Waals surface area contributed by atoms with Crippen LogP contribution >= 0.6 is 11.6 Å². The number of aromatic nitrogens is 2. The molecule has 4 nitrogen and oxygen atoms in total. The highest BCUT2D eigenvalue weighted by atomic mass is 35.5. The summed E-state index contributed by atoms with van der Waals surface area (Å²) < 4.78 is 5.59. The Kier molecular flexibility index (Phi) is 4.10. The Morgan fingerprint density at radius 2 is 2.05 bits per heavy atom. The Hall–Kier alpha value is -1.55. The maximum absolute atomic E-state index is 6.17. The number of hydrogen-bond acceptors (Lipinski definition) is 4. The summed E-state index contributed by atoms with van der Waals surface area (Å²) in [5.41, 5.74) is 0.968. The minimum absolute atomic E-state index is 0.268. The van der Waals surface area contributed by atoms with Crippen molar-refractivity contribution in [3.8, 4) is 0 Å². The third kappa shape index (κ3) is 3.07. The first-order valence-corrected chi connectivity index (χ1v) is 6.63. The van der Waals surface area contributed by atoms with E-state index in [1.165, 1.54) is 6.33 Å². The minimum Gasteiger partial charge on any atom is -0.464 e. The monoisotopic (exact) mass is 279 g/mol. The topological polar surface area (TPSA) is 42.2 Å². The van der Waals surface area contributed by atoms with Crippen LogP contribution in [0, 0.1) is 6.92 Å². The van der Waals surface area contributed by atoms with E-state index in [1.54, 1.807) is 0 Å². The largest absolute Gasteiger partial charge is 0.464 e. The van der Waals surface area contributed by atoms with Crippen molar-refractivity contribution in [2.45, 2.75) is 33.2 Å². The van der Waals surface area contributed by atoms with Gasteiger partial charge in [0.15, 0.2) is 0 Å². The highest BCUT2D eigenvalue weighted by molar-refractivity contribution is 6.30. The molecular weight excluding hydrogens is 262 g/mol. The van der Waals surface area contributed by atoms with Crippen molar-refractivity contribution in [2.24, 2.45) is 0 Å². The van der Waals surface area contributed by atoms with Crippen LogP contribution in [0.4, 0.5) is 5.82 Å². The molecule has 0 aliphatic carbocycles. The fourth-order valence-electron chi connectivity index (χ4n) is 2.04. The molecule has 0 bridgehead atoms. The molecule has 0 fully saturated rings. The average Bonchev–Trinajstić information content (AvgIpc) is 2.73. The van der Waals surface area contributed by atoms with E-state index in [0.29, 0.717) is 11.7 Å². The zero-order valence-corrected chi connectivity index (χ0v) is 12.4. The predicted molar refractivity (Wildman–Crippen MR) is 76.7 cm³/mol. The Morgan fingerprint density at radius 1 is 1.32 bits per heavy atom. The van der Waals surface area contributed by atoms with Crippen molar-refractivity contribution in [1.82, 2.24) is 9.97 Å². The fraction of sp³-hybridized carbons (Fsp3) is 0.429. The van der Waals surface area contributed by atoms with Gasteiger partial charge in [0, 0.05) is 12.6 Å². The SMILES string of the molecule is Cc1ccc(CN(C)c2ncnc(Cl)c2C(C)C)o1. The van der Waals surface area contributed by atoms with Crippen molar-refractivity contribution in [3.63, 3.8) is 0 Å². The maximum atomic E-state index is 6.17. The number of nitrogens with zero attached hydrogens (tertiary/aromatic N) is 3. The molecule has 0 amide bonds. The van der Waals surface area contributed by atoms with Gasteiger partial charge in [-0.05, 0) is 25.0 Å². The lowest BCUT2D eigenvalue weighted by atomic mass is 10.1. The summed E-state index contributed by atoms with van der Waals surface area (Å²) in [6.07, 6.45) is 1.49. The van der Waals surface area contributed by atoms with Gasteiger partial charge in [-0.1, -0.05) is 25.4 Å². The summed E-state index contributed by atoms with van der Waals surface area (Å²) in [6, 6.07) is 3.93. The molecule has 2 aromatic rings. The van der Waals surface area contributed by atoms with Gasteiger partial charge in [-0.25, -0.2) is 9.97 Å². The molecule has 0 spiro atoms. The van der Waals surface area contributed by atoms with Crippen molar-refractivity contribution in [2.75, 3.05) is 11.9 Å². The molecule has 0 aliphatic heterocycles. The van der Waals surface area contributed by atoms with Crippen molar-refractivity contribution < 1.29 is 4.42 Å². The summed E-state index contributed by atoms with van der Waals surface area (Å²) in [5, 5.41) is 0.516. The molecular formula is C14H18ClN3O. The Balaban J connectivity index is 2.28. The molecule has 0 aromatic carbocycles. The van der Waals surface area contributed by atoms with Gasteiger partial charge in [-0.15, -0.1) is 0 Å². The quantitative estimate of drug-likeness (QED) is 0.799. The Labute approximate surface area is 118 Å². The van der Waals surface area contributed by atoms with Gasteiger partial charge in [0.2, 0.25) is 0 Å². The second kappa shape index (κ2) is 5.61. The summed E-state index contributed by atoms with van der Waals surface area (Å²) in [4.78, 5) is 10.4. The smallest absolute Gasteiger partial charge is 0.138 e. The van der Waals surface area contributed by atoms with Gasteiger partial charge >= 0.3 is 0 Å².